The predicted molar refractivity (Wildman–Crippen MR) is 77.8 cm³/mol. The summed E-state index contributed by atoms with van der Waals surface area (Å²) in [7, 11) is 0. The molecule has 0 saturated heterocycles. The lowest BCUT2D eigenvalue weighted by molar-refractivity contribution is -0.139. The van der Waals surface area contributed by atoms with E-state index in [1.54, 1.807) is 12.1 Å². The molecule has 1 atom stereocenters. The Morgan fingerprint density at radius 3 is 2.52 bits per heavy atom. The van der Waals surface area contributed by atoms with Crippen LogP contribution in [0.5, 0.6) is 5.75 Å². The highest BCUT2D eigenvalue weighted by Crippen LogP contribution is 2.11. The molecule has 1 rings (SSSR count). The number of aromatic hydroxyl groups is 1. The zero-order chi connectivity index (χ0) is 15.7. The zero-order valence-corrected chi connectivity index (χ0v) is 11.5. The van der Waals surface area contributed by atoms with Crippen molar-refractivity contribution < 1.29 is 19.8 Å². The van der Waals surface area contributed by atoms with E-state index in [4.69, 9.17) is 11.5 Å². The first kappa shape index (κ1) is 16.4. The summed E-state index contributed by atoms with van der Waals surface area (Å²) in [5, 5.41) is 23.2. The number of unbranched alkanes of at least 4 members (excludes halogenated alkanes) is 1. The van der Waals surface area contributed by atoms with Crippen LogP contribution in [0.4, 0.5) is 4.79 Å². The third-order valence-corrected chi connectivity index (χ3v) is 2.76. The van der Waals surface area contributed by atoms with Crippen LogP contribution in [0.25, 0.3) is 0 Å². The van der Waals surface area contributed by atoms with Gasteiger partial charge in [-0.3, -0.25) is 0 Å². The van der Waals surface area contributed by atoms with Crippen LogP contribution in [0.2, 0.25) is 0 Å². The van der Waals surface area contributed by atoms with Gasteiger partial charge in [0.15, 0.2) is 0 Å². The maximum Gasteiger partial charge on any atom is 0.326 e. The van der Waals surface area contributed by atoms with Crippen LogP contribution < -0.4 is 10.6 Å². The molecule has 0 aliphatic carbocycles. The van der Waals surface area contributed by atoms with Gasteiger partial charge in [0.2, 0.25) is 0 Å². The molecular weight excluding hydrogens is 272 g/mol. The van der Waals surface area contributed by atoms with Crippen molar-refractivity contribution in [2.75, 3.05) is 6.54 Å². The Labute approximate surface area is 123 Å². The van der Waals surface area contributed by atoms with E-state index in [0.29, 0.717) is 24.9 Å². The molecule has 6 heteroatoms. The number of carboxylic acid groups (broad SMARTS) is 1. The fraction of sp³-hybridized carbons (Fsp3) is 0.333. The number of hydrogen-bond donors (Lipinski definition) is 4. The maximum absolute atomic E-state index is 11.6. The van der Waals surface area contributed by atoms with Crippen LogP contribution in [0.3, 0.4) is 0 Å². The lowest BCUT2D eigenvalue weighted by Gasteiger charge is -2.15. The molecule has 0 radical (unpaired) electrons. The number of nitrogens with one attached hydrogen (secondary N) is 2. The highest BCUT2D eigenvalue weighted by atomic mass is 16.4. The lowest BCUT2D eigenvalue weighted by atomic mass is 10.1. The molecule has 6 nitrogen and oxygen atoms in total. The number of amides is 2. The Balaban J connectivity index is 2.50. The summed E-state index contributed by atoms with van der Waals surface area (Å²) < 4.78 is 0. The van der Waals surface area contributed by atoms with E-state index in [-0.39, 0.29) is 12.2 Å². The number of benzene rings is 1. The number of urea groups is 1. The molecule has 4 N–H and O–H groups in total. The van der Waals surface area contributed by atoms with Gasteiger partial charge >= 0.3 is 12.0 Å². The van der Waals surface area contributed by atoms with Gasteiger partial charge in [0.25, 0.3) is 0 Å². The number of carboxylic acids is 1. The zero-order valence-electron chi connectivity index (χ0n) is 11.5. The van der Waals surface area contributed by atoms with Crippen molar-refractivity contribution in [2.24, 2.45) is 0 Å². The number of hydrogen-bond acceptors (Lipinski definition) is 3. The minimum atomic E-state index is -1.12. The monoisotopic (exact) mass is 290 g/mol. The second-order valence-corrected chi connectivity index (χ2v) is 4.47. The van der Waals surface area contributed by atoms with Crippen molar-refractivity contribution in [2.45, 2.75) is 25.3 Å². The Kier molecular flexibility index (Phi) is 6.61. The number of carbonyl (C=O) groups excluding carboxylic acids is 1. The molecule has 2 amide bonds. The maximum atomic E-state index is 11.6. The second-order valence-electron chi connectivity index (χ2n) is 4.47. The van der Waals surface area contributed by atoms with Crippen molar-refractivity contribution in [3.05, 3.63) is 29.8 Å². The van der Waals surface area contributed by atoms with Crippen molar-refractivity contribution in [1.82, 2.24) is 10.6 Å². The molecule has 1 aromatic carbocycles. The highest BCUT2D eigenvalue weighted by molar-refractivity contribution is 5.82. The summed E-state index contributed by atoms with van der Waals surface area (Å²) in [6.07, 6.45) is 6.41. The standard InChI is InChI=1S/C15H18N2O4/c1-2-3-4-9-16-15(21)17-13(14(19)20)10-11-5-7-12(18)8-6-11/h1,5-8,13,18H,3-4,9-10H2,(H,19,20)(H2,16,17,21)/t13-/m0/s1. The van der Waals surface area contributed by atoms with E-state index in [2.05, 4.69) is 16.6 Å². The van der Waals surface area contributed by atoms with Crippen LogP contribution in [0.1, 0.15) is 18.4 Å². The van der Waals surface area contributed by atoms with Gasteiger partial charge in [-0.1, -0.05) is 12.1 Å². The molecule has 0 bridgehead atoms. The van der Waals surface area contributed by atoms with Gasteiger partial charge in [-0.05, 0) is 24.1 Å². The molecule has 1 aromatic rings. The smallest absolute Gasteiger partial charge is 0.326 e. The van der Waals surface area contributed by atoms with E-state index in [1.165, 1.54) is 12.1 Å². The van der Waals surface area contributed by atoms with Gasteiger partial charge in [0, 0.05) is 19.4 Å². The number of rotatable bonds is 7. The third-order valence-electron chi connectivity index (χ3n) is 2.76. The lowest BCUT2D eigenvalue weighted by Crippen LogP contribution is -2.47. The summed E-state index contributed by atoms with van der Waals surface area (Å²) in [6, 6.07) is 4.57. The molecule has 112 valence electrons. The quantitative estimate of drug-likeness (QED) is 0.446. The molecule has 21 heavy (non-hydrogen) atoms. The summed E-state index contributed by atoms with van der Waals surface area (Å²) in [5.74, 6) is 1.43. The first-order valence-corrected chi connectivity index (χ1v) is 6.51. The second kappa shape index (κ2) is 8.48. The summed E-state index contributed by atoms with van der Waals surface area (Å²) in [4.78, 5) is 22.8. The molecule has 0 aliphatic heterocycles. The third kappa shape index (κ3) is 6.34. The van der Waals surface area contributed by atoms with Crippen LogP contribution in [-0.4, -0.2) is 34.8 Å². The van der Waals surface area contributed by atoms with Crippen molar-refractivity contribution in [1.29, 1.82) is 0 Å². The minimum absolute atomic E-state index is 0.102. The first-order chi connectivity index (χ1) is 10.0. The predicted octanol–water partition coefficient (Wildman–Crippen LogP) is 1.10. The largest absolute Gasteiger partial charge is 0.508 e. The van der Waals surface area contributed by atoms with Crippen molar-refractivity contribution in [3.8, 4) is 18.1 Å². The molecule has 0 unspecified atom stereocenters. The first-order valence-electron chi connectivity index (χ1n) is 6.51. The summed E-state index contributed by atoms with van der Waals surface area (Å²) in [5.41, 5.74) is 0.702. The van der Waals surface area contributed by atoms with Crippen LogP contribution in [0, 0.1) is 12.3 Å². The number of aliphatic carboxylic acids is 1. The van der Waals surface area contributed by atoms with Gasteiger partial charge in [0.05, 0.1) is 0 Å². The number of phenols is 1. The van der Waals surface area contributed by atoms with E-state index in [1.807, 2.05) is 0 Å². The number of phenolic OH excluding ortho intramolecular Hbond substituents is 1. The van der Waals surface area contributed by atoms with E-state index in [0.717, 1.165) is 0 Å². The van der Waals surface area contributed by atoms with Crippen molar-refractivity contribution >= 4 is 12.0 Å². The van der Waals surface area contributed by atoms with E-state index >= 15 is 0 Å². The van der Waals surface area contributed by atoms with E-state index in [9.17, 15) is 14.7 Å². The van der Waals surface area contributed by atoms with Crippen LogP contribution in [0.15, 0.2) is 24.3 Å². The summed E-state index contributed by atoms with van der Waals surface area (Å²) in [6.45, 7) is 0.390. The number of terminal acetylenes is 1. The molecule has 0 aromatic heterocycles. The van der Waals surface area contributed by atoms with Gasteiger partial charge < -0.3 is 20.8 Å². The molecule has 0 saturated carbocycles. The fourth-order valence-corrected chi connectivity index (χ4v) is 1.67. The topological polar surface area (TPSA) is 98.7 Å². The summed E-state index contributed by atoms with van der Waals surface area (Å²) >= 11 is 0. The molecule has 0 aliphatic rings. The molecule has 0 heterocycles. The van der Waals surface area contributed by atoms with Crippen LogP contribution in [-0.2, 0) is 11.2 Å². The van der Waals surface area contributed by atoms with Crippen molar-refractivity contribution in [3.63, 3.8) is 0 Å². The molecular formula is C15H18N2O4. The normalized spacial score (nSPS) is 11.2. The van der Waals surface area contributed by atoms with Gasteiger partial charge in [-0.25, -0.2) is 9.59 Å². The highest BCUT2D eigenvalue weighted by Gasteiger charge is 2.20. The Morgan fingerprint density at radius 1 is 1.29 bits per heavy atom. The average Bonchev–Trinajstić information content (AvgIpc) is 2.45. The van der Waals surface area contributed by atoms with Gasteiger partial charge in [-0.2, -0.15) is 0 Å². The Bertz CT molecular complexity index is 519. The average molecular weight is 290 g/mol. The number of carbonyl (C=O) groups is 2. The SMILES string of the molecule is C#CCCCNC(=O)N[C@@H](Cc1ccc(O)cc1)C(=O)O. The minimum Gasteiger partial charge on any atom is -0.508 e. The Morgan fingerprint density at radius 2 is 1.95 bits per heavy atom. The van der Waals surface area contributed by atoms with E-state index < -0.39 is 18.0 Å². The molecule has 0 fully saturated rings. The van der Waals surface area contributed by atoms with Gasteiger partial charge in [0.1, 0.15) is 11.8 Å². The fourth-order valence-electron chi connectivity index (χ4n) is 1.67. The Hall–Kier alpha value is -2.68. The van der Waals surface area contributed by atoms with Gasteiger partial charge in [-0.15, -0.1) is 12.3 Å². The molecule has 0 spiro atoms. The van der Waals surface area contributed by atoms with Crippen LogP contribution >= 0.6 is 0 Å².